The molecule has 0 aliphatic carbocycles. The Hall–Kier alpha value is -4.76. The minimum atomic E-state index is -3.87. The van der Waals surface area contributed by atoms with Crippen LogP contribution in [-0.4, -0.2) is 58.6 Å². The Kier molecular flexibility index (Phi) is 9.20. The molecular formula is C29H26ClF3N6O5S. The van der Waals surface area contributed by atoms with Gasteiger partial charge in [0, 0.05) is 22.8 Å². The number of fused-ring (bicyclic) bond motifs is 1. The number of alkyl halides is 3. The number of pyridine rings is 1. The number of nitrogens with zero attached hydrogens (tertiary/aromatic N) is 3. The van der Waals surface area contributed by atoms with Gasteiger partial charge in [0.15, 0.2) is 11.6 Å². The number of rotatable bonds is 13. The number of aryl methyl sites for hydroxylation is 1. The first-order chi connectivity index (χ1) is 21.5. The van der Waals surface area contributed by atoms with E-state index in [4.69, 9.17) is 26.8 Å². The van der Waals surface area contributed by atoms with Gasteiger partial charge in [0.1, 0.15) is 18.2 Å². The summed E-state index contributed by atoms with van der Waals surface area (Å²) < 4.78 is 79.1. The summed E-state index contributed by atoms with van der Waals surface area (Å²) in [6, 6.07) is 11.6. The number of carbonyl (C=O) groups excluding carboxylic acids is 1. The summed E-state index contributed by atoms with van der Waals surface area (Å²) >= 11 is 5.61. The molecule has 0 aliphatic heterocycles. The Morgan fingerprint density at radius 3 is 2.64 bits per heavy atom. The Labute approximate surface area is 260 Å². The van der Waals surface area contributed by atoms with Crippen molar-refractivity contribution < 1.29 is 35.9 Å². The minimum Gasteiger partial charge on any atom is -0.485 e. The molecular weight excluding hydrogens is 637 g/mol. The van der Waals surface area contributed by atoms with Crippen molar-refractivity contribution in [1.29, 1.82) is 0 Å². The minimum absolute atomic E-state index is 0.0000228. The molecule has 0 bridgehead atoms. The lowest BCUT2D eigenvalue weighted by Gasteiger charge is -2.14. The number of hydrogen-bond acceptors (Lipinski definition) is 8. The summed E-state index contributed by atoms with van der Waals surface area (Å²) in [7, 11) is -3.87. The molecule has 0 radical (unpaired) electrons. The van der Waals surface area contributed by atoms with Gasteiger partial charge in [0.2, 0.25) is 21.7 Å². The first kappa shape index (κ1) is 31.7. The zero-order valence-electron chi connectivity index (χ0n) is 23.6. The van der Waals surface area contributed by atoms with Gasteiger partial charge in [0.05, 0.1) is 40.8 Å². The van der Waals surface area contributed by atoms with Crippen LogP contribution in [-0.2, 0) is 10.0 Å². The molecule has 0 aliphatic rings. The second kappa shape index (κ2) is 13.1. The second-order valence-electron chi connectivity index (χ2n) is 9.81. The van der Waals surface area contributed by atoms with Crippen LogP contribution in [0.5, 0.6) is 17.4 Å². The summed E-state index contributed by atoms with van der Waals surface area (Å²) in [6.45, 7) is 0.763. The average molecular weight is 663 g/mol. The van der Waals surface area contributed by atoms with E-state index < -0.39 is 34.7 Å². The maximum atomic E-state index is 14.0. The summed E-state index contributed by atoms with van der Waals surface area (Å²) in [5.41, 5.74) is 7.74. The number of para-hydroxylation sites is 1. The Balaban J connectivity index is 1.43. The van der Waals surface area contributed by atoms with E-state index in [0.717, 1.165) is 0 Å². The SMILES string of the molecule is Cc1cc(Oc2ccccc2F)ncc1-n1ncc(C(=O)c2cc3cc(OCC(F)F)c(NS(=O)(=O)CCCCl)cc3[nH]2)c1N. The van der Waals surface area contributed by atoms with Gasteiger partial charge in [-0.25, -0.2) is 31.3 Å². The molecule has 0 fully saturated rings. The van der Waals surface area contributed by atoms with Gasteiger partial charge < -0.3 is 20.2 Å². The van der Waals surface area contributed by atoms with Crippen LogP contribution in [0.2, 0.25) is 0 Å². The highest BCUT2D eigenvalue weighted by Gasteiger charge is 2.22. The average Bonchev–Trinajstić information content (AvgIpc) is 3.58. The first-order valence-corrected chi connectivity index (χ1v) is 15.6. The van der Waals surface area contributed by atoms with E-state index >= 15 is 0 Å². The highest BCUT2D eigenvalue weighted by molar-refractivity contribution is 7.92. The molecule has 0 saturated heterocycles. The van der Waals surface area contributed by atoms with Crippen molar-refractivity contribution in [1.82, 2.24) is 19.7 Å². The zero-order valence-corrected chi connectivity index (χ0v) is 25.1. The number of halogens is 4. The van der Waals surface area contributed by atoms with Gasteiger partial charge in [-0.3, -0.25) is 9.52 Å². The van der Waals surface area contributed by atoms with Crippen molar-refractivity contribution in [3.8, 4) is 23.1 Å². The van der Waals surface area contributed by atoms with Crippen molar-refractivity contribution in [3.05, 3.63) is 83.6 Å². The van der Waals surface area contributed by atoms with Crippen LogP contribution in [0.1, 0.15) is 28.0 Å². The number of sulfonamides is 1. The van der Waals surface area contributed by atoms with Gasteiger partial charge in [-0.15, -0.1) is 11.6 Å². The predicted octanol–water partition coefficient (Wildman–Crippen LogP) is 5.82. The molecule has 5 rings (SSSR count). The number of carbonyl (C=O) groups is 1. The second-order valence-corrected chi connectivity index (χ2v) is 12.0. The van der Waals surface area contributed by atoms with E-state index in [-0.39, 0.29) is 58.2 Å². The molecule has 3 aromatic heterocycles. The van der Waals surface area contributed by atoms with Crippen LogP contribution >= 0.6 is 11.6 Å². The number of ketones is 1. The Morgan fingerprint density at radius 1 is 1.16 bits per heavy atom. The van der Waals surface area contributed by atoms with Crippen molar-refractivity contribution in [2.75, 3.05) is 28.7 Å². The fourth-order valence-electron chi connectivity index (χ4n) is 4.41. The lowest BCUT2D eigenvalue weighted by Crippen LogP contribution is -2.18. The molecule has 4 N–H and O–H groups in total. The largest absolute Gasteiger partial charge is 0.485 e. The number of aromatic amines is 1. The molecule has 0 saturated carbocycles. The van der Waals surface area contributed by atoms with Crippen LogP contribution in [0, 0.1) is 12.7 Å². The fourth-order valence-corrected chi connectivity index (χ4v) is 5.82. The molecule has 11 nitrogen and oxygen atoms in total. The van der Waals surface area contributed by atoms with Crippen molar-refractivity contribution in [2.45, 2.75) is 19.8 Å². The van der Waals surface area contributed by atoms with Crippen LogP contribution < -0.4 is 19.9 Å². The van der Waals surface area contributed by atoms with E-state index in [1.165, 1.54) is 53.5 Å². The number of H-pyrrole nitrogens is 1. The molecule has 5 aromatic rings. The molecule has 3 heterocycles. The van der Waals surface area contributed by atoms with E-state index in [9.17, 15) is 26.4 Å². The third kappa shape index (κ3) is 7.15. The highest BCUT2D eigenvalue weighted by Crippen LogP contribution is 2.33. The van der Waals surface area contributed by atoms with Crippen LogP contribution in [0.15, 0.2) is 60.9 Å². The monoisotopic (exact) mass is 662 g/mol. The van der Waals surface area contributed by atoms with Crippen molar-refractivity contribution >= 4 is 49.8 Å². The molecule has 0 spiro atoms. The zero-order chi connectivity index (χ0) is 32.3. The maximum Gasteiger partial charge on any atom is 0.272 e. The fraction of sp³-hybridized carbons (Fsp3) is 0.207. The number of anilines is 2. The Bertz CT molecular complexity index is 1980. The number of nitrogens with one attached hydrogen (secondary N) is 2. The van der Waals surface area contributed by atoms with Gasteiger partial charge in [0.25, 0.3) is 6.43 Å². The molecule has 0 amide bonds. The predicted molar refractivity (Wildman–Crippen MR) is 163 cm³/mol. The van der Waals surface area contributed by atoms with Gasteiger partial charge in [-0.1, -0.05) is 12.1 Å². The van der Waals surface area contributed by atoms with E-state index in [2.05, 4.69) is 19.8 Å². The third-order valence-corrected chi connectivity index (χ3v) is 8.16. The van der Waals surface area contributed by atoms with Gasteiger partial charge in [-0.05, 0) is 49.2 Å². The summed E-state index contributed by atoms with van der Waals surface area (Å²) in [5.74, 6) is -1.27. The van der Waals surface area contributed by atoms with Crippen molar-refractivity contribution in [2.24, 2.45) is 0 Å². The number of ether oxygens (including phenoxy) is 2. The molecule has 16 heteroatoms. The molecule has 2 aromatic carbocycles. The number of hydrogen-bond donors (Lipinski definition) is 3. The van der Waals surface area contributed by atoms with Gasteiger partial charge in [-0.2, -0.15) is 5.10 Å². The van der Waals surface area contributed by atoms with Gasteiger partial charge >= 0.3 is 0 Å². The lowest BCUT2D eigenvalue weighted by atomic mass is 10.1. The number of nitrogens with two attached hydrogens (primary N) is 1. The molecule has 236 valence electrons. The standard InChI is InChI=1S/C29H26ClF3N6O5S/c1-16-9-27(44-24-6-3-2-5-19(24)31)35-14-23(16)39-29(34)18(13-36-39)28(40)22-10-17-11-25(43-15-26(32)33)21(12-20(17)37-22)38-45(41,42)8-4-7-30/h2-3,5-6,9-14,26,37-38H,4,7-8,15,34H2,1H3. The smallest absolute Gasteiger partial charge is 0.272 e. The summed E-state index contributed by atoms with van der Waals surface area (Å²) in [5, 5.41) is 4.64. The summed E-state index contributed by atoms with van der Waals surface area (Å²) in [6.07, 6.45) is 0.0608. The molecule has 45 heavy (non-hydrogen) atoms. The number of nitrogen functional groups attached to an aromatic ring is 1. The van der Waals surface area contributed by atoms with Crippen LogP contribution in [0.25, 0.3) is 16.6 Å². The van der Waals surface area contributed by atoms with Crippen molar-refractivity contribution in [3.63, 3.8) is 0 Å². The molecule has 0 unspecified atom stereocenters. The Morgan fingerprint density at radius 2 is 1.93 bits per heavy atom. The highest BCUT2D eigenvalue weighted by atomic mass is 35.5. The summed E-state index contributed by atoms with van der Waals surface area (Å²) in [4.78, 5) is 20.6. The molecule has 0 atom stereocenters. The number of benzene rings is 2. The van der Waals surface area contributed by atoms with E-state index in [1.807, 2.05) is 0 Å². The quantitative estimate of drug-likeness (QED) is 0.105. The van der Waals surface area contributed by atoms with Crippen LogP contribution in [0.4, 0.5) is 24.7 Å². The van der Waals surface area contributed by atoms with Crippen LogP contribution in [0.3, 0.4) is 0 Å². The third-order valence-electron chi connectivity index (χ3n) is 6.53. The topological polar surface area (TPSA) is 154 Å². The lowest BCUT2D eigenvalue weighted by molar-refractivity contribution is 0.0823. The van der Waals surface area contributed by atoms with E-state index in [0.29, 0.717) is 22.2 Å². The normalized spacial score (nSPS) is 11.7. The first-order valence-electron chi connectivity index (χ1n) is 13.4. The van der Waals surface area contributed by atoms with E-state index in [1.54, 1.807) is 19.1 Å². The maximum absolute atomic E-state index is 14.0. The number of aromatic nitrogens is 4.